The minimum absolute atomic E-state index is 0.0560. The Morgan fingerprint density at radius 3 is 2.62 bits per heavy atom. The van der Waals surface area contributed by atoms with E-state index in [1.807, 2.05) is 29.2 Å². The lowest BCUT2D eigenvalue weighted by atomic mass is 9.80. The summed E-state index contributed by atoms with van der Waals surface area (Å²) in [5, 5.41) is 3.38. The molecule has 9 heteroatoms. The SMILES string of the molecule is O=C1Nc2cc(Cl)ccc2C(=O)N(CC2CCC(C(=O)N3CCCc4cccnc43)CC2)[C@@H]1Cc1ccccn1. The number of anilines is 2. The van der Waals surface area contributed by atoms with E-state index in [4.69, 9.17) is 11.6 Å². The van der Waals surface area contributed by atoms with Gasteiger partial charge in [0.15, 0.2) is 0 Å². The van der Waals surface area contributed by atoms with E-state index in [-0.39, 0.29) is 29.6 Å². The van der Waals surface area contributed by atoms with Gasteiger partial charge in [-0.05, 0) is 86.4 Å². The second-order valence-corrected chi connectivity index (χ2v) is 11.4. The topological polar surface area (TPSA) is 95.5 Å². The van der Waals surface area contributed by atoms with Crippen LogP contribution >= 0.6 is 11.6 Å². The molecule has 0 saturated heterocycles. The molecule has 1 fully saturated rings. The second-order valence-electron chi connectivity index (χ2n) is 11.0. The van der Waals surface area contributed by atoms with Crippen molar-refractivity contribution < 1.29 is 14.4 Å². The molecule has 1 N–H and O–H groups in total. The first-order valence-corrected chi connectivity index (χ1v) is 14.4. The smallest absolute Gasteiger partial charge is 0.256 e. The van der Waals surface area contributed by atoms with Crippen molar-refractivity contribution >= 4 is 40.8 Å². The molecular weight excluding hydrogens is 526 g/mol. The van der Waals surface area contributed by atoms with Crippen LogP contribution in [0.3, 0.4) is 0 Å². The highest BCUT2D eigenvalue weighted by Gasteiger charge is 2.39. The van der Waals surface area contributed by atoms with Crippen molar-refractivity contribution in [1.82, 2.24) is 14.9 Å². The van der Waals surface area contributed by atoms with Gasteiger partial charge in [0, 0.05) is 48.5 Å². The number of amides is 3. The van der Waals surface area contributed by atoms with Crippen LogP contribution in [0.1, 0.15) is 53.7 Å². The van der Waals surface area contributed by atoms with E-state index >= 15 is 0 Å². The molecule has 3 amide bonds. The highest BCUT2D eigenvalue weighted by molar-refractivity contribution is 6.31. The third kappa shape index (κ3) is 5.32. The van der Waals surface area contributed by atoms with Crippen LogP contribution in [0.5, 0.6) is 0 Å². The van der Waals surface area contributed by atoms with Gasteiger partial charge < -0.3 is 10.2 Å². The number of benzene rings is 1. The van der Waals surface area contributed by atoms with E-state index in [9.17, 15) is 14.4 Å². The highest BCUT2D eigenvalue weighted by Crippen LogP contribution is 2.35. The Balaban J connectivity index is 1.18. The Labute approximate surface area is 238 Å². The largest absolute Gasteiger partial charge is 0.326 e. The summed E-state index contributed by atoms with van der Waals surface area (Å²) in [5.74, 6) is 0.646. The van der Waals surface area contributed by atoms with E-state index < -0.39 is 6.04 Å². The minimum Gasteiger partial charge on any atom is -0.326 e. The van der Waals surface area contributed by atoms with Gasteiger partial charge in [-0.25, -0.2) is 4.98 Å². The summed E-state index contributed by atoms with van der Waals surface area (Å²) >= 11 is 6.19. The first kappa shape index (κ1) is 26.4. The number of carbonyl (C=O) groups excluding carboxylic acids is 3. The Kier molecular flexibility index (Phi) is 7.52. The summed E-state index contributed by atoms with van der Waals surface area (Å²) in [7, 11) is 0. The number of fused-ring (bicyclic) bond motifs is 2. The maximum atomic E-state index is 13.9. The molecule has 1 aliphatic carbocycles. The van der Waals surface area contributed by atoms with Gasteiger partial charge in [-0.15, -0.1) is 0 Å². The molecule has 3 aromatic rings. The molecule has 0 bridgehead atoms. The maximum Gasteiger partial charge on any atom is 0.256 e. The summed E-state index contributed by atoms with van der Waals surface area (Å²) in [6, 6.07) is 13.8. The Morgan fingerprint density at radius 2 is 1.82 bits per heavy atom. The standard InChI is InChI=1S/C31H32ClN5O3/c32-23-12-13-25-26(17-23)35-29(38)27(18-24-7-1-2-14-33-24)37(31(25)40)19-20-8-10-22(11-9-20)30(39)36-16-4-6-21-5-3-15-34-28(21)36/h1-3,5,7,12-15,17,20,22,27H,4,6,8-11,16,18-19H2,(H,35,38)/t20?,22?,27-/m1/s1. The third-order valence-electron chi connectivity index (χ3n) is 8.41. The zero-order chi connectivity index (χ0) is 27.6. The summed E-state index contributed by atoms with van der Waals surface area (Å²) < 4.78 is 0. The number of carbonyl (C=O) groups is 3. The number of nitrogens with one attached hydrogen (secondary N) is 1. The molecule has 1 aromatic carbocycles. The number of halogens is 1. The molecular formula is C31H32ClN5O3. The lowest BCUT2D eigenvalue weighted by molar-refractivity contribution is -0.123. The van der Waals surface area contributed by atoms with Crippen LogP contribution in [0.25, 0.3) is 0 Å². The van der Waals surface area contributed by atoms with Crippen LogP contribution in [0.2, 0.25) is 5.02 Å². The fourth-order valence-corrected chi connectivity index (χ4v) is 6.47. The first-order valence-electron chi connectivity index (χ1n) is 14.0. The van der Waals surface area contributed by atoms with E-state index in [2.05, 4.69) is 21.4 Å². The van der Waals surface area contributed by atoms with Crippen LogP contribution < -0.4 is 10.2 Å². The van der Waals surface area contributed by atoms with Crippen molar-refractivity contribution in [3.8, 4) is 0 Å². The maximum absolute atomic E-state index is 13.9. The Hall–Kier alpha value is -3.78. The zero-order valence-electron chi connectivity index (χ0n) is 22.3. The Bertz CT molecular complexity index is 1420. The van der Waals surface area contributed by atoms with Gasteiger partial charge in [-0.1, -0.05) is 23.7 Å². The summed E-state index contributed by atoms with van der Waals surface area (Å²) in [6.45, 7) is 1.15. The van der Waals surface area contributed by atoms with E-state index in [0.29, 0.717) is 35.8 Å². The van der Waals surface area contributed by atoms with E-state index in [1.165, 1.54) is 0 Å². The van der Waals surface area contributed by atoms with Crippen molar-refractivity contribution in [3.63, 3.8) is 0 Å². The molecule has 2 aromatic heterocycles. The fraction of sp³-hybridized carbons (Fsp3) is 0.387. The second kappa shape index (κ2) is 11.4. The predicted octanol–water partition coefficient (Wildman–Crippen LogP) is 4.92. The first-order chi connectivity index (χ1) is 19.5. The third-order valence-corrected chi connectivity index (χ3v) is 8.64. The molecule has 1 saturated carbocycles. The predicted molar refractivity (Wildman–Crippen MR) is 153 cm³/mol. The molecule has 0 spiro atoms. The van der Waals surface area contributed by atoms with Gasteiger partial charge in [0.25, 0.3) is 5.91 Å². The van der Waals surface area contributed by atoms with Crippen LogP contribution in [0, 0.1) is 11.8 Å². The van der Waals surface area contributed by atoms with E-state index in [1.54, 1.807) is 35.5 Å². The zero-order valence-corrected chi connectivity index (χ0v) is 23.0. The summed E-state index contributed by atoms with van der Waals surface area (Å²) in [4.78, 5) is 53.4. The molecule has 2 aliphatic heterocycles. The lowest BCUT2D eigenvalue weighted by Gasteiger charge is -2.37. The molecule has 0 radical (unpaired) electrons. The normalized spacial score (nSPS) is 22.7. The van der Waals surface area contributed by atoms with E-state index in [0.717, 1.165) is 55.6 Å². The van der Waals surface area contributed by atoms with Gasteiger partial charge in [-0.3, -0.25) is 24.3 Å². The van der Waals surface area contributed by atoms with Crippen molar-refractivity contribution in [2.75, 3.05) is 23.3 Å². The molecule has 3 aliphatic rings. The molecule has 40 heavy (non-hydrogen) atoms. The highest BCUT2D eigenvalue weighted by atomic mass is 35.5. The minimum atomic E-state index is -0.705. The molecule has 6 rings (SSSR count). The lowest BCUT2D eigenvalue weighted by Crippen LogP contribution is -2.49. The molecule has 0 unspecified atom stereocenters. The number of hydrogen-bond donors (Lipinski definition) is 1. The number of nitrogens with zero attached hydrogens (tertiary/aromatic N) is 4. The fourth-order valence-electron chi connectivity index (χ4n) is 6.30. The number of rotatable bonds is 5. The average Bonchev–Trinajstić information content (AvgIpc) is 3.07. The quantitative estimate of drug-likeness (QED) is 0.480. The van der Waals surface area contributed by atoms with Crippen LogP contribution in [0.4, 0.5) is 11.5 Å². The van der Waals surface area contributed by atoms with Crippen molar-refractivity contribution in [2.24, 2.45) is 11.8 Å². The monoisotopic (exact) mass is 557 g/mol. The van der Waals surface area contributed by atoms with Gasteiger partial charge in [0.2, 0.25) is 11.8 Å². The van der Waals surface area contributed by atoms with Crippen LogP contribution in [0.15, 0.2) is 60.9 Å². The summed E-state index contributed by atoms with van der Waals surface area (Å²) in [6.07, 6.45) is 8.80. The van der Waals surface area contributed by atoms with Crippen LogP contribution in [-0.2, 0) is 22.4 Å². The van der Waals surface area contributed by atoms with Gasteiger partial charge in [0.1, 0.15) is 11.9 Å². The molecule has 4 heterocycles. The van der Waals surface area contributed by atoms with Crippen molar-refractivity contribution in [2.45, 2.75) is 51.0 Å². The molecule has 206 valence electrons. The van der Waals surface area contributed by atoms with Gasteiger partial charge >= 0.3 is 0 Å². The number of pyridine rings is 2. The molecule has 1 atom stereocenters. The average molecular weight is 558 g/mol. The van der Waals surface area contributed by atoms with Gasteiger partial charge in [0.05, 0.1) is 11.3 Å². The Morgan fingerprint density at radius 1 is 1.00 bits per heavy atom. The van der Waals surface area contributed by atoms with Gasteiger partial charge in [-0.2, -0.15) is 0 Å². The number of aromatic nitrogens is 2. The summed E-state index contributed by atoms with van der Waals surface area (Å²) in [5.41, 5.74) is 2.74. The molecule has 8 nitrogen and oxygen atoms in total. The van der Waals surface area contributed by atoms with Crippen molar-refractivity contribution in [3.05, 3.63) is 82.8 Å². The number of hydrogen-bond acceptors (Lipinski definition) is 5. The number of aryl methyl sites for hydroxylation is 1. The van der Waals surface area contributed by atoms with Crippen molar-refractivity contribution in [1.29, 1.82) is 0 Å². The van der Waals surface area contributed by atoms with Crippen LogP contribution in [-0.4, -0.2) is 51.7 Å².